The highest BCUT2D eigenvalue weighted by molar-refractivity contribution is 7.99. The first-order valence-electron chi connectivity index (χ1n) is 6.26. The molecule has 2 rings (SSSR count). The molecule has 0 bridgehead atoms. The van der Waals surface area contributed by atoms with Crippen molar-refractivity contribution in [1.29, 1.82) is 0 Å². The van der Waals surface area contributed by atoms with Crippen molar-refractivity contribution in [3.05, 3.63) is 35.4 Å². The van der Waals surface area contributed by atoms with Crippen LogP contribution in [0.15, 0.2) is 24.3 Å². The van der Waals surface area contributed by atoms with E-state index in [9.17, 15) is 4.79 Å². The van der Waals surface area contributed by atoms with Crippen LogP contribution in [0, 0.1) is 6.92 Å². The van der Waals surface area contributed by atoms with Crippen LogP contribution in [0.5, 0.6) is 0 Å². The van der Waals surface area contributed by atoms with Crippen LogP contribution in [0.25, 0.3) is 0 Å². The zero-order valence-corrected chi connectivity index (χ0v) is 11.7. The topological polar surface area (TPSA) is 46.3 Å². The van der Waals surface area contributed by atoms with E-state index in [1.54, 1.807) is 0 Å². The smallest absolute Gasteiger partial charge is 0.244 e. The van der Waals surface area contributed by atoms with Gasteiger partial charge in [0.25, 0.3) is 0 Å². The van der Waals surface area contributed by atoms with Crippen molar-refractivity contribution < 1.29 is 4.79 Å². The van der Waals surface area contributed by atoms with Crippen LogP contribution in [0.3, 0.4) is 0 Å². The van der Waals surface area contributed by atoms with Gasteiger partial charge in [-0.1, -0.05) is 29.8 Å². The van der Waals surface area contributed by atoms with E-state index in [4.69, 9.17) is 5.73 Å². The summed E-state index contributed by atoms with van der Waals surface area (Å²) in [5, 5.41) is 0. The minimum Gasteiger partial charge on any atom is -0.340 e. The molecule has 1 aliphatic heterocycles. The third-order valence-electron chi connectivity index (χ3n) is 3.50. The lowest BCUT2D eigenvalue weighted by Crippen LogP contribution is -2.42. The summed E-state index contributed by atoms with van der Waals surface area (Å²) in [6.07, 6.45) is 1.08. The summed E-state index contributed by atoms with van der Waals surface area (Å²) in [6.45, 7) is 2.03. The van der Waals surface area contributed by atoms with E-state index >= 15 is 0 Å². The molecule has 1 saturated heterocycles. The van der Waals surface area contributed by atoms with E-state index in [2.05, 4.69) is 0 Å². The number of likely N-dealkylation sites (N-methyl/N-ethyl adjacent to an activating group) is 1. The number of carbonyl (C=O) groups excluding carboxylic acids is 1. The van der Waals surface area contributed by atoms with Crippen LogP contribution in [-0.2, 0) is 4.79 Å². The summed E-state index contributed by atoms with van der Waals surface area (Å²) in [4.78, 5) is 14.1. The van der Waals surface area contributed by atoms with E-state index in [1.165, 1.54) is 5.56 Å². The molecule has 0 radical (unpaired) electrons. The summed E-state index contributed by atoms with van der Waals surface area (Å²) >= 11 is 1.90. The molecule has 1 amide bonds. The van der Waals surface area contributed by atoms with Crippen molar-refractivity contribution >= 4 is 17.7 Å². The van der Waals surface area contributed by atoms with Gasteiger partial charge in [0.15, 0.2) is 0 Å². The van der Waals surface area contributed by atoms with Gasteiger partial charge >= 0.3 is 0 Å². The van der Waals surface area contributed by atoms with Gasteiger partial charge in [0.1, 0.15) is 6.04 Å². The number of aryl methyl sites for hydroxylation is 1. The van der Waals surface area contributed by atoms with E-state index in [0.29, 0.717) is 6.04 Å². The fraction of sp³-hybridized carbons (Fsp3) is 0.500. The molecule has 1 heterocycles. The highest BCUT2D eigenvalue weighted by atomic mass is 32.2. The Balaban J connectivity index is 2.05. The number of amides is 1. The summed E-state index contributed by atoms with van der Waals surface area (Å²) in [7, 11) is 1.87. The number of benzene rings is 1. The largest absolute Gasteiger partial charge is 0.340 e. The number of rotatable bonds is 3. The Labute approximate surface area is 113 Å². The normalized spacial score (nSPS) is 20.7. The fourth-order valence-electron chi connectivity index (χ4n) is 2.14. The van der Waals surface area contributed by atoms with Crippen molar-refractivity contribution in [3.8, 4) is 0 Å². The number of nitrogens with zero attached hydrogens (tertiary/aromatic N) is 1. The van der Waals surface area contributed by atoms with Crippen LogP contribution >= 0.6 is 11.8 Å². The Hall–Kier alpha value is -1.00. The number of hydrogen-bond acceptors (Lipinski definition) is 3. The van der Waals surface area contributed by atoms with E-state index < -0.39 is 6.04 Å². The summed E-state index contributed by atoms with van der Waals surface area (Å²) in [5.41, 5.74) is 8.13. The molecule has 1 aromatic carbocycles. The maximum absolute atomic E-state index is 12.3. The monoisotopic (exact) mass is 264 g/mol. The van der Waals surface area contributed by atoms with Gasteiger partial charge in [0.2, 0.25) is 5.91 Å². The quantitative estimate of drug-likeness (QED) is 0.908. The molecule has 0 spiro atoms. The van der Waals surface area contributed by atoms with Gasteiger partial charge in [0.05, 0.1) is 0 Å². The molecule has 3 nitrogen and oxygen atoms in total. The first-order valence-corrected chi connectivity index (χ1v) is 7.41. The van der Waals surface area contributed by atoms with Crippen molar-refractivity contribution in [1.82, 2.24) is 4.90 Å². The summed E-state index contributed by atoms with van der Waals surface area (Å²) < 4.78 is 0. The Bertz CT molecular complexity index is 412. The average molecular weight is 264 g/mol. The molecule has 2 unspecified atom stereocenters. The van der Waals surface area contributed by atoms with Crippen LogP contribution in [0.2, 0.25) is 0 Å². The second kappa shape index (κ2) is 5.76. The molecule has 0 saturated carbocycles. The first-order chi connectivity index (χ1) is 8.59. The maximum Gasteiger partial charge on any atom is 0.244 e. The van der Waals surface area contributed by atoms with Crippen molar-refractivity contribution in [3.63, 3.8) is 0 Å². The highest BCUT2D eigenvalue weighted by Gasteiger charge is 2.27. The van der Waals surface area contributed by atoms with Crippen LogP contribution in [0.1, 0.15) is 23.6 Å². The maximum atomic E-state index is 12.3. The predicted molar refractivity (Wildman–Crippen MR) is 76.6 cm³/mol. The fourth-order valence-corrected chi connectivity index (χ4v) is 3.41. The standard InChI is InChI=1S/C14H20N2OS/c1-10-3-5-11(6-4-10)13(15)14(17)16(2)12-7-8-18-9-12/h3-6,12-13H,7-9,15H2,1-2H3. The van der Waals surface area contributed by atoms with Crippen molar-refractivity contribution in [2.75, 3.05) is 18.6 Å². The molecule has 1 aromatic rings. The van der Waals surface area contributed by atoms with E-state index in [0.717, 1.165) is 23.5 Å². The molecule has 98 valence electrons. The Kier molecular flexibility index (Phi) is 4.30. The van der Waals surface area contributed by atoms with E-state index in [-0.39, 0.29) is 5.91 Å². The average Bonchev–Trinajstić information content (AvgIpc) is 2.91. The van der Waals surface area contributed by atoms with Gasteiger partial charge in [-0.3, -0.25) is 4.79 Å². The number of carbonyl (C=O) groups is 1. The molecule has 18 heavy (non-hydrogen) atoms. The molecule has 1 aliphatic rings. The zero-order valence-electron chi connectivity index (χ0n) is 10.9. The van der Waals surface area contributed by atoms with E-state index in [1.807, 2.05) is 54.9 Å². The van der Waals surface area contributed by atoms with Crippen molar-refractivity contribution in [2.24, 2.45) is 5.73 Å². The molecule has 1 fully saturated rings. The lowest BCUT2D eigenvalue weighted by molar-refractivity contribution is -0.133. The van der Waals surface area contributed by atoms with Crippen LogP contribution < -0.4 is 5.73 Å². The second-order valence-electron chi connectivity index (χ2n) is 4.85. The molecule has 4 heteroatoms. The molecular formula is C14H20N2OS. The van der Waals surface area contributed by atoms with Crippen molar-refractivity contribution in [2.45, 2.75) is 25.4 Å². The Morgan fingerprint density at radius 3 is 2.67 bits per heavy atom. The summed E-state index contributed by atoms with van der Waals surface area (Å²) in [6, 6.07) is 7.67. The van der Waals surface area contributed by atoms with Crippen LogP contribution in [0.4, 0.5) is 0 Å². The Morgan fingerprint density at radius 2 is 2.11 bits per heavy atom. The molecular weight excluding hydrogens is 244 g/mol. The van der Waals surface area contributed by atoms with Gasteiger partial charge in [-0.2, -0.15) is 11.8 Å². The molecule has 2 atom stereocenters. The summed E-state index contributed by atoms with van der Waals surface area (Å²) in [5.74, 6) is 2.19. The van der Waals surface area contributed by atoms with Gasteiger partial charge in [-0.05, 0) is 24.7 Å². The van der Waals surface area contributed by atoms with Crippen LogP contribution in [-0.4, -0.2) is 35.4 Å². The number of nitrogens with two attached hydrogens (primary N) is 1. The minimum absolute atomic E-state index is 0.0198. The minimum atomic E-state index is -0.541. The number of hydrogen-bond donors (Lipinski definition) is 1. The third kappa shape index (κ3) is 2.87. The van der Waals surface area contributed by atoms with Gasteiger partial charge in [-0.15, -0.1) is 0 Å². The zero-order chi connectivity index (χ0) is 13.1. The first kappa shape index (κ1) is 13.4. The predicted octanol–water partition coefficient (Wildman–Crippen LogP) is 1.96. The SMILES string of the molecule is Cc1ccc(C(N)C(=O)N(C)C2CCSC2)cc1. The van der Waals surface area contributed by atoms with Gasteiger partial charge in [0, 0.05) is 18.8 Å². The van der Waals surface area contributed by atoms with Gasteiger partial charge in [-0.25, -0.2) is 0 Å². The van der Waals surface area contributed by atoms with Gasteiger partial charge < -0.3 is 10.6 Å². The third-order valence-corrected chi connectivity index (χ3v) is 4.65. The molecule has 0 aromatic heterocycles. The second-order valence-corrected chi connectivity index (χ2v) is 6.00. The molecule has 2 N–H and O–H groups in total. The molecule has 0 aliphatic carbocycles. The highest BCUT2D eigenvalue weighted by Crippen LogP contribution is 2.23. The Morgan fingerprint density at radius 1 is 1.44 bits per heavy atom. The lowest BCUT2D eigenvalue weighted by Gasteiger charge is -2.26. The number of thioether (sulfide) groups is 1. The lowest BCUT2D eigenvalue weighted by atomic mass is 10.0.